The van der Waals surface area contributed by atoms with Gasteiger partial charge in [0.25, 0.3) is 0 Å². The maximum Gasteiger partial charge on any atom is 0.343 e. The van der Waals surface area contributed by atoms with Gasteiger partial charge in [-0.05, 0) is 53.2 Å². The van der Waals surface area contributed by atoms with Crippen LogP contribution in [0.1, 0.15) is 17.8 Å². The Labute approximate surface area is 136 Å². The van der Waals surface area contributed by atoms with Gasteiger partial charge >= 0.3 is 5.97 Å². The Morgan fingerprint density at radius 3 is 2.67 bits per heavy atom. The summed E-state index contributed by atoms with van der Waals surface area (Å²) in [5, 5.41) is 5.48. The lowest BCUT2D eigenvalue weighted by molar-refractivity contribution is -0.142. The van der Waals surface area contributed by atoms with E-state index in [9.17, 15) is 4.79 Å². The Hall–Kier alpha value is -1.53. The molecule has 0 aliphatic heterocycles. The number of halogens is 1. The molecule has 0 saturated heterocycles. The molecule has 2 rings (SSSR count). The van der Waals surface area contributed by atoms with E-state index >= 15 is 0 Å². The molecule has 0 fully saturated rings. The highest BCUT2D eigenvalue weighted by atomic mass is 79.9. The maximum absolute atomic E-state index is 11.0. The predicted octanol–water partition coefficient (Wildman–Crippen LogP) is 4.24. The van der Waals surface area contributed by atoms with Gasteiger partial charge < -0.3 is 14.8 Å². The first-order valence-corrected chi connectivity index (χ1v) is 8.06. The topological polar surface area (TPSA) is 47.6 Å². The van der Waals surface area contributed by atoms with Gasteiger partial charge in [0.15, 0.2) is 6.61 Å². The Morgan fingerprint density at radius 2 is 2.10 bits per heavy atom. The van der Waals surface area contributed by atoms with E-state index in [4.69, 9.17) is 4.74 Å². The van der Waals surface area contributed by atoms with E-state index in [0.29, 0.717) is 5.75 Å². The standard InChI is InChI=1S/C15H16BrNO3S/c1-10(14-7-11(16)9-21-14)17-12-3-5-13(6-4-12)20-8-15(18)19-2/h3-7,9-10,17H,8H2,1-2H3. The molecule has 0 aliphatic carbocycles. The van der Waals surface area contributed by atoms with Gasteiger partial charge in [0, 0.05) is 20.4 Å². The monoisotopic (exact) mass is 369 g/mol. The highest BCUT2D eigenvalue weighted by Gasteiger charge is 2.08. The third-order valence-corrected chi connectivity index (χ3v) is 4.71. The molecule has 0 spiro atoms. The molecule has 0 radical (unpaired) electrons. The second kappa shape index (κ2) is 7.47. The van der Waals surface area contributed by atoms with Gasteiger partial charge in [0.1, 0.15) is 5.75 Å². The number of carbonyl (C=O) groups excluding carboxylic acids is 1. The molecule has 1 unspecified atom stereocenters. The summed E-state index contributed by atoms with van der Waals surface area (Å²) in [6.07, 6.45) is 0. The summed E-state index contributed by atoms with van der Waals surface area (Å²) in [6.45, 7) is 2.03. The van der Waals surface area contributed by atoms with Crippen LogP contribution >= 0.6 is 27.3 Å². The predicted molar refractivity (Wildman–Crippen MR) is 88.0 cm³/mol. The molecular weight excluding hydrogens is 354 g/mol. The Balaban J connectivity index is 1.91. The van der Waals surface area contributed by atoms with E-state index in [1.54, 1.807) is 11.3 Å². The number of thiophene rings is 1. The molecule has 1 aromatic heterocycles. The normalized spacial score (nSPS) is 11.8. The van der Waals surface area contributed by atoms with Gasteiger partial charge in [-0.3, -0.25) is 0 Å². The molecule has 0 amide bonds. The lowest BCUT2D eigenvalue weighted by atomic mass is 10.2. The first-order chi connectivity index (χ1) is 10.1. The minimum atomic E-state index is -0.394. The van der Waals surface area contributed by atoms with Crippen molar-refractivity contribution in [2.45, 2.75) is 13.0 Å². The molecule has 0 bridgehead atoms. The van der Waals surface area contributed by atoms with Crippen LogP contribution < -0.4 is 10.1 Å². The average molecular weight is 370 g/mol. The van der Waals surface area contributed by atoms with Crippen LogP contribution in [0.5, 0.6) is 5.75 Å². The maximum atomic E-state index is 11.0. The van der Waals surface area contributed by atoms with Gasteiger partial charge in [-0.15, -0.1) is 11.3 Å². The molecule has 21 heavy (non-hydrogen) atoms. The van der Waals surface area contributed by atoms with Gasteiger partial charge in [-0.25, -0.2) is 4.79 Å². The van der Waals surface area contributed by atoms with Crippen molar-refractivity contribution in [3.8, 4) is 5.75 Å². The first-order valence-electron chi connectivity index (χ1n) is 6.38. The third-order valence-electron chi connectivity index (χ3n) is 2.84. The summed E-state index contributed by atoms with van der Waals surface area (Å²) in [5.74, 6) is 0.242. The van der Waals surface area contributed by atoms with Crippen molar-refractivity contribution in [3.05, 3.63) is 45.1 Å². The molecule has 0 aliphatic rings. The van der Waals surface area contributed by atoms with E-state index in [0.717, 1.165) is 10.2 Å². The molecule has 1 aromatic carbocycles. The highest BCUT2D eigenvalue weighted by Crippen LogP contribution is 2.28. The molecule has 4 nitrogen and oxygen atoms in total. The molecule has 0 saturated carbocycles. The smallest absolute Gasteiger partial charge is 0.343 e. The fourth-order valence-electron chi connectivity index (χ4n) is 1.73. The van der Waals surface area contributed by atoms with E-state index in [1.165, 1.54) is 12.0 Å². The quantitative estimate of drug-likeness (QED) is 0.773. The zero-order valence-electron chi connectivity index (χ0n) is 11.8. The number of anilines is 1. The number of benzene rings is 1. The van der Waals surface area contributed by atoms with Crippen molar-refractivity contribution in [2.75, 3.05) is 19.0 Å². The van der Waals surface area contributed by atoms with Gasteiger partial charge in [-0.1, -0.05) is 0 Å². The second-order valence-corrected chi connectivity index (χ2v) is 6.28. The first kappa shape index (κ1) is 15.9. The summed E-state index contributed by atoms with van der Waals surface area (Å²) in [6, 6.07) is 9.82. The fourth-order valence-corrected chi connectivity index (χ4v) is 3.18. The fraction of sp³-hybridized carbons (Fsp3) is 0.267. The minimum absolute atomic E-state index is 0.0805. The number of esters is 1. The third kappa shape index (κ3) is 4.75. The van der Waals surface area contributed by atoms with Crippen LogP contribution in [0, 0.1) is 0 Å². The van der Waals surface area contributed by atoms with E-state index in [2.05, 4.69) is 44.4 Å². The van der Waals surface area contributed by atoms with Crippen molar-refractivity contribution in [1.29, 1.82) is 0 Å². The number of methoxy groups -OCH3 is 1. The zero-order chi connectivity index (χ0) is 15.2. The second-order valence-electron chi connectivity index (χ2n) is 4.42. The molecule has 1 heterocycles. The SMILES string of the molecule is COC(=O)COc1ccc(NC(C)c2cc(Br)cs2)cc1. The van der Waals surface area contributed by atoms with Crippen molar-refractivity contribution in [1.82, 2.24) is 0 Å². The minimum Gasteiger partial charge on any atom is -0.482 e. The average Bonchev–Trinajstić information content (AvgIpc) is 2.93. The summed E-state index contributed by atoms with van der Waals surface area (Å²) >= 11 is 5.17. The molecule has 112 valence electrons. The highest BCUT2D eigenvalue weighted by molar-refractivity contribution is 9.10. The summed E-state index contributed by atoms with van der Waals surface area (Å²) in [4.78, 5) is 12.3. The van der Waals surface area contributed by atoms with Gasteiger partial charge in [0.05, 0.1) is 13.2 Å². The number of rotatable bonds is 6. The van der Waals surface area contributed by atoms with E-state index in [1.807, 2.05) is 24.3 Å². The van der Waals surface area contributed by atoms with Crippen LogP contribution in [0.2, 0.25) is 0 Å². The summed E-state index contributed by atoms with van der Waals surface area (Å²) in [7, 11) is 1.34. The van der Waals surface area contributed by atoms with Crippen molar-refractivity contribution < 1.29 is 14.3 Å². The molecule has 1 N–H and O–H groups in total. The molecule has 2 aromatic rings. The number of hydrogen-bond acceptors (Lipinski definition) is 5. The van der Waals surface area contributed by atoms with Crippen LogP contribution in [0.25, 0.3) is 0 Å². The van der Waals surface area contributed by atoms with Crippen molar-refractivity contribution in [3.63, 3.8) is 0 Å². The lowest BCUT2D eigenvalue weighted by Crippen LogP contribution is -2.12. The Kier molecular flexibility index (Phi) is 5.64. The Morgan fingerprint density at radius 1 is 1.38 bits per heavy atom. The molecular formula is C15H16BrNO3S. The number of carbonyl (C=O) groups is 1. The van der Waals surface area contributed by atoms with Crippen molar-refractivity contribution >= 4 is 38.9 Å². The zero-order valence-corrected chi connectivity index (χ0v) is 14.2. The van der Waals surface area contributed by atoms with Gasteiger partial charge in [0.2, 0.25) is 0 Å². The van der Waals surface area contributed by atoms with E-state index < -0.39 is 5.97 Å². The van der Waals surface area contributed by atoms with Crippen LogP contribution in [-0.2, 0) is 9.53 Å². The van der Waals surface area contributed by atoms with Crippen LogP contribution in [0.15, 0.2) is 40.2 Å². The van der Waals surface area contributed by atoms with Gasteiger partial charge in [-0.2, -0.15) is 0 Å². The lowest BCUT2D eigenvalue weighted by Gasteiger charge is -2.14. The number of hydrogen-bond donors (Lipinski definition) is 1. The number of ether oxygens (including phenoxy) is 2. The van der Waals surface area contributed by atoms with Crippen molar-refractivity contribution in [2.24, 2.45) is 0 Å². The largest absolute Gasteiger partial charge is 0.482 e. The number of nitrogens with one attached hydrogen (secondary N) is 1. The summed E-state index contributed by atoms with van der Waals surface area (Å²) < 4.78 is 10.9. The summed E-state index contributed by atoms with van der Waals surface area (Å²) in [5.41, 5.74) is 0.998. The van der Waals surface area contributed by atoms with Crippen LogP contribution in [-0.4, -0.2) is 19.7 Å². The van der Waals surface area contributed by atoms with E-state index in [-0.39, 0.29) is 12.6 Å². The Bertz CT molecular complexity index is 597. The molecule has 6 heteroatoms. The molecule has 1 atom stereocenters. The van der Waals surface area contributed by atoms with Crippen LogP contribution in [0.4, 0.5) is 5.69 Å². The van der Waals surface area contributed by atoms with Crippen LogP contribution in [0.3, 0.4) is 0 Å².